The van der Waals surface area contributed by atoms with Gasteiger partial charge in [0.1, 0.15) is 5.56 Å². The minimum atomic E-state index is -0.455. The summed E-state index contributed by atoms with van der Waals surface area (Å²) >= 11 is 0. The lowest BCUT2D eigenvalue weighted by molar-refractivity contribution is 0.0601. The second kappa shape index (κ2) is 5.00. The zero-order valence-electron chi connectivity index (χ0n) is 11.4. The van der Waals surface area contributed by atoms with Gasteiger partial charge >= 0.3 is 5.97 Å². The van der Waals surface area contributed by atoms with E-state index in [2.05, 4.69) is 16.0 Å². The number of aromatic nitrogens is 1. The molecular formula is C15H17N3O2. The largest absolute Gasteiger partial charge is 0.465 e. The summed E-state index contributed by atoms with van der Waals surface area (Å²) < 4.78 is 4.73. The number of hydrogen-bond acceptors (Lipinski definition) is 5. The van der Waals surface area contributed by atoms with E-state index < -0.39 is 5.97 Å². The van der Waals surface area contributed by atoms with Crippen molar-refractivity contribution >= 4 is 28.2 Å². The average molecular weight is 271 g/mol. The van der Waals surface area contributed by atoms with Crippen molar-refractivity contribution in [3.63, 3.8) is 0 Å². The van der Waals surface area contributed by atoms with Crippen molar-refractivity contribution < 1.29 is 9.53 Å². The number of anilines is 2. The molecule has 1 aromatic carbocycles. The van der Waals surface area contributed by atoms with Gasteiger partial charge < -0.3 is 15.4 Å². The van der Waals surface area contributed by atoms with Crippen LogP contribution in [0.5, 0.6) is 0 Å². The van der Waals surface area contributed by atoms with E-state index >= 15 is 0 Å². The number of nitrogen functional groups attached to an aromatic ring is 1. The van der Waals surface area contributed by atoms with Crippen LogP contribution in [0.3, 0.4) is 0 Å². The first kappa shape index (κ1) is 12.7. The van der Waals surface area contributed by atoms with E-state index in [0.717, 1.165) is 29.7 Å². The molecule has 0 atom stereocenters. The number of rotatable bonds is 2. The molecule has 2 aromatic rings. The van der Waals surface area contributed by atoms with Gasteiger partial charge in [0.2, 0.25) is 0 Å². The summed E-state index contributed by atoms with van der Waals surface area (Å²) in [5.41, 5.74) is 8.78. The Kier molecular flexibility index (Phi) is 3.18. The number of methoxy groups -OCH3 is 1. The molecule has 1 aromatic heterocycles. The van der Waals surface area contributed by atoms with Crippen molar-refractivity contribution in [2.45, 2.75) is 12.8 Å². The summed E-state index contributed by atoms with van der Waals surface area (Å²) in [4.78, 5) is 18.3. The number of fused-ring (bicyclic) bond motifs is 1. The van der Waals surface area contributed by atoms with Crippen molar-refractivity contribution in [3.05, 3.63) is 30.0 Å². The minimum absolute atomic E-state index is 0.318. The van der Waals surface area contributed by atoms with Gasteiger partial charge in [0.05, 0.1) is 18.3 Å². The summed E-state index contributed by atoms with van der Waals surface area (Å²) in [6.07, 6.45) is 3.90. The van der Waals surface area contributed by atoms with Gasteiger partial charge in [-0.25, -0.2) is 4.79 Å². The Hall–Kier alpha value is -2.30. The molecule has 0 unspecified atom stereocenters. The molecule has 3 rings (SSSR count). The molecule has 0 saturated carbocycles. The van der Waals surface area contributed by atoms with Crippen molar-refractivity contribution in [2.24, 2.45) is 0 Å². The van der Waals surface area contributed by atoms with E-state index in [1.165, 1.54) is 26.1 Å². The standard InChI is InChI=1S/C15H17N3O2/c1-20-15(19)12-9-17-13-5-4-10(8-11(13)14(12)16)18-6-2-3-7-18/h4-5,8-9H,2-3,6-7H2,1H3,(H2,16,17). The molecule has 0 spiro atoms. The van der Waals surface area contributed by atoms with Crippen molar-refractivity contribution in [1.29, 1.82) is 0 Å². The highest BCUT2D eigenvalue weighted by atomic mass is 16.5. The van der Waals surface area contributed by atoms with Crippen LogP contribution in [-0.2, 0) is 4.74 Å². The zero-order chi connectivity index (χ0) is 14.1. The van der Waals surface area contributed by atoms with Crippen LogP contribution in [0, 0.1) is 0 Å². The number of carbonyl (C=O) groups is 1. The van der Waals surface area contributed by atoms with Crippen LogP contribution in [0.1, 0.15) is 23.2 Å². The van der Waals surface area contributed by atoms with E-state index in [-0.39, 0.29) is 0 Å². The van der Waals surface area contributed by atoms with E-state index in [1.54, 1.807) is 0 Å². The van der Waals surface area contributed by atoms with Gasteiger partial charge in [-0.2, -0.15) is 0 Å². The highest BCUT2D eigenvalue weighted by molar-refractivity contribution is 6.04. The van der Waals surface area contributed by atoms with Crippen LogP contribution < -0.4 is 10.6 Å². The number of benzene rings is 1. The number of nitrogens with two attached hydrogens (primary N) is 1. The van der Waals surface area contributed by atoms with Gasteiger partial charge in [-0.1, -0.05) is 0 Å². The van der Waals surface area contributed by atoms with Crippen LogP contribution in [0.15, 0.2) is 24.4 Å². The van der Waals surface area contributed by atoms with Crippen LogP contribution in [0.2, 0.25) is 0 Å². The first-order chi connectivity index (χ1) is 9.70. The second-order valence-electron chi connectivity index (χ2n) is 4.97. The van der Waals surface area contributed by atoms with E-state index in [1.807, 2.05) is 12.1 Å². The number of pyridine rings is 1. The van der Waals surface area contributed by atoms with E-state index in [0.29, 0.717) is 11.3 Å². The molecule has 20 heavy (non-hydrogen) atoms. The third-order valence-corrected chi connectivity index (χ3v) is 3.77. The Morgan fingerprint density at radius 3 is 2.80 bits per heavy atom. The monoisotopic (exact) mass is 271 g/mol. The summed E-state index contributed by atoms with van der Waals surface area (Å²) in [7, 11) is 1.34. The topological polar surface area (TPSA) is 68.5 Å². The fourth-order valence-corrected chi connectivity index (χ4v) is 2.65. The van der Waals surface area contributed by atoms with Gasteiger partial charge in [0.15, 0.2) is 0 Å². The highest BCUT2D eigenvalue weighted by Crippen LogP contribution is 2.29. The molecule has 2 N–H and O–H groups in total. The molecule has 0 bridgehead atoms. The molecule has 1 saturated heterocycles. The number of ether oxygens (including phenoxy) is 1. The Labute approximate surface area is 117 Å². The lowest BCUT2D eigenvalue weighted by Gasteiger charge is -2.18. The normalized spacial score (nSPS) is 14.8. The number of hydrogen-bond donors (Lipinski definition) is 1. The summed E-state index contributed by atoms with van der Waals surface area (Å²) in [6.45, 7) is 2.13. The predicted octanol–water partition coefficient (Wildman–Crippen LogP) is 2.20. The van der Waals surface area contributed by atoms with Gasteiger partial charge in [-0.3, -0.25) is 4.98 Å². The van der Waals surface area contributed by atoms with Crippen molar-refractivity contribution in [1.82, 2.24) is 4.98 Å². The Balaban J connectivity index is 2.11. The van der Waals surface area contributed by atoms with E-state index in [4.69, 9.17) is 10.5 Å². The zero-order valence-corrected chi connectivity index (χ0v) is 11.4. The summed E-state index contributed by atoms with van der Waals surface area (Å²) in [5.74, 6) is -0.455. The van der Waals surface area contributed by atoms with Gasteiger partial charge in [-0.15, -0.1) is 0 Å². The lowest BCUT2D eigenvalue weighted by atomic mass is 10.1. The van der Waals surface area contributed by atoms with Crippen LogP contribution >= 0.6 is 0 Å². The number of nitrogens with zero attached hydrogens (tertiary/aromatic N) is 2. The Morgan fingerprint density at radius 2 is 2.10 bits per heavy atom. The van der Waals surface area contributed by atoms with Crippen LogP contribution in [-0.4, -0.2) is 31.2 Å². The maximum atomic E-state index is 11.7. The Morgan fingerprint density at radius 1 is 1.35 bits per heavy atom. The fourth-order valence-electron chi connectivity index (χ4n) is 2.65. The molecule has 0 radical (unpaired) electrons. The third-order valence-electron chi connectivity index (χ3n) is 3.77. The van der Waals surface area contributed by atoms with Crippen molar-refractivity contribution in [3.8, 4) is 0 Å². The van der Waals surface area contributed by atoms with Crippen LogP contribution in [0.25, 0.3) is 10.9 Å². The molecule has 0 amide bonds. The van der Waals surface area contributed by atoms with Gasteiger partial charge in [-0.05, 0) is 31.0 Å². The predicted molar refractivity (Wildman–Crippen MR) is 78.9 cm³/mol. The number of carbonyl (C=O) groups excluding carboxylic acids is 1. The molecule has 1 fully saturated rings. The van der Waals surface area contributed by atoms with E-state index in [9.17, 15) is 4.79 Å². The molecule has 2 heterocycles. The van der Waals surface area contributed by atoms with Gasteiger partial charge in [0.25, 0.3) is 0 Å². The Bertz CT molecular complexity index is 663. The number of esters is 1. The molecule has 1 aliphatic heterocycles. The molecule has 5 nitrogen and oxygen atoms in total. The highest BCUT2D eigenvalue weighted by Gasteiger charge is 2.16. The maximum absolute atomic E-state index is 11.7. The molecule has 104 valence electrons. The first-order valence-electron chi connectivity index (χ1n) is 6.72. The minimum Gasteiger partial charge on any atom is -0.465 e. The third kappa shape index (κ3) is 2.05. The van der Waals surface area contributed by atoms with Crippen molar-refractivity contribution in [2.75, 3.05) is 30.8 Å². The summed E-state index contributed by atoms with van der Waals surface area (Å²) in [6, 6.07) is 6.01. The first-order valence-corrected chi connectivity index (χ1v) is 6.72. The average Bonchev–Trinajstić information content (AvgIpc) is 3.01. The lowest BCUT2D eigenvalue weighted by Crippen LogP contribution is -2.17. The molecule has 1 aliphatic rings. The molecule has 0 aliphatic carbocycles. The second-order valence-corrected chi connectivity index (χ2v) is 4.97. The SMILES string of the molecule is COC(=O)c1cnc2ccc(N3CCCC3)cc2c1N. The fraction of sp³-hybridized carbons (Fsp3) is 0.333. The summed E-state index contributed by atoms with van der Waals surface area (Å²) in [5, 5.41) is 0.803. The van der Waals surface area contributed by atoms with Gasteiger partial charge in [0, 0.05) is 30.4 Å². The molecule has 5 heteroatoms. The quantitative estimate of drug-likeness (QED) is 0.848. The van der Waals surface area contributed by atoms with Crippen LogP contribution in [0.4, 0.5) is 11.4 Å². The maximum Gasteiger partial charge on any atom is 0.341 e. The smallest absolute Gasteiger partial charge is 0.341 e. The molecular weight excluding hydrogens is 254 g/mol.